The van der Waals surface area contributed by atoms with Crippen LogP contribution < -0.4 is 18.9 Å². The number of halogens is 1. The summed E-state index contributed by atoms with van der Waals surface area (Å²) in [7, 11) is 0. The van der Waals surface area contributed by atoms with Crippen molar-refractivity contribution in [3.05, 3.63) is 41.3 Å². The first-order valence-electron chi connectivity index (χ1n) is 2.51. The number of hydrogen-bond acceptors (Lipinski definition) is 0. The summed E-state index contributed by atoms with van der Waals surface area (Å²) in [6.45, 7) is 0. The van der Waals surface area contributed by atoms with E-state index in [9.17, 15) is 0 Å². The first-order chi connectivity index (χ1) is 4.33. The van der Waals surface area contributed by atoms with Crippen LogP contribution in [-0.4, -0.2) is 0 Å². The van der Waals surface area contributed by atoms with Crippen LogP contribution in [0.2, 0.25) is 5.02 Å². The molecule has 0 N–H and O–H groups in total. The average molecular weight is 143 g/mol. The molecule has 44 valence electrons. The van der Waals surface area contributed by atoms with Crippen molar-refractivity contribution in [2.24, 2.45) is 0 Å². The topological polar surface area (TPSA) is 0 Å². The molecular formula is C8H4ClLi. The van der Waals surface area contributed by atoms with Gasteiger partial charge in [-0.25, -0.2) is 0 Å². The van der Waals surface area contributed by atoms with Crippen molar-refractivity contribution in [3.8, 4) is 5.92 Å². The molecule has 0 atom stereocenters. The first-order valence-corrected chi connectivity index (χ1v) is 2.89. The molecule has 2 heteroatoms. The maximum atomic E-state index is 6.72. The van der Waals surface area contributed by atoms with Gasteiger partial charge in [-0.15, -0.1) is 17.7 Å². The molecule has 1 aromatic carbocycles. The van der Waals surface area contributed by atoms with Gasteiger partial charge < -0.3 is 6.42 Å². The van der Waals surface area contributed by atoms with Gasteiger partial charge in [0.1, 0.15) is 0 Å². The first kappa shape index (κ1) is 9.67. The molecule has 1 rings (SSSR count). The minimum atomic E-state index is 0. The van der Waals surface area contributed by atoms with Crippen molar-refractivity contribution in [1.82, 2.24) is 0 Å². The SMILES string of the molecule is [C-]#Cc1ccc(Cl)cc1.[Li+]. The van der Waals surface area contributed by atoms with Gasteiger partial charge in [0.05, 0.1) is 0 Å². The summed E-state index contributed by atoms with van der Waals surface area (Å²) in [5, 5.41) is 0.689. The van der Waals surface area contributed by atoms with Crippen LogP contribution in [-0.2, 0) is 0 Å². The Kier molecular flexibility index (Phi) is 4.33. The Bertz CT molecular complexity index is 232. The van der Waals surface area contributed by atoms with Crippen molar-refractivity contribution in [2.75, 3.05) is 0 Å². The molecule has 0 aliphatic heterocycles. The standard InChI is InChI=1S/C8H4Cl.Li/c1-2-7-3-5-8(9)6-4-7;/h3-6H;/q-1;+1. The smallest absolute Gasteiger partial charge is 0.366 e. The molecule has 0 spiro atoms. The second-order valence-electron chi connectivity index (χ2n) is 1.63. The third-order valence-electron chi connectivity index (χ3n) is 0.989. The second-order valence-corrected chi connectivity index (χ2v) is 2.07. The Morgan fingerprint density at radius 3 is 2.10 bits per heavy atom. The molecule has 0 heterocycles. The molecule has 0 aliphatic carbocycles. The van der Waals surface area contributed by atoms with Crippen LogP contribution in [0.25, 0.3) is 0 Å². The Morgan fingerprint density at radius 1 is 1.20 bits per heavy atom. The van der Waals surface area contributed by atoms with E-state index < -0.39 is 0 Å². The minimum absolute atomic E-state index is 0. The van der Waals surface area contributed by atoms with Gasteiger partial charge in [0.25, 0.3) is 0 Å². The summed E-state index contributed by atoms with van der Waals surface area (Å²) >= 11 is 5.58. The largest absolute Gasteiger partial charge is 1.00 e. The molecule has 0 bridgehead atoms. The van der Waals surface area contributed by atoms with Crippen molar-refractivity contribution < 1.29 is 18.9 Å². The Morgan fingerprint density at radius 2 is 1.70 bits per heavy atom. The molecule has 0 unspecified atom stereocenters. The van der Waals surface area contributed by atoms with Gasteiger partial charge in [0, 0.05) is 5.02 Å². The monoisotopic (exact) mass is 142 g/mol. The van der Waals surface area contributed by atoms with E-state index in [0.29, 0.717) is 5.02 Å². The van der Waals surface area contributed by atoms with Crippen molar-refractivity contribution in [3.63, 3.8) is 0 Å². The summed E-state index contributed by atoms with van der Waals surface area (Å²) in [6.07, 6.45) is 6.72. The van der Waals surface area contributed by atoms with E-state index in [-0.39, 0.29) is 18.9 Å². The van der Waals surface area contributed by atoms with E-state index >= 15 is 0 Å². The van der Waals surface area contributed by atoms with E-state index in [1.54, 1.807) is 24.3 Å². The van der Waals surface area contributed by atoms with Crippen molar-refractivity contribution in [2.45, 2.75) is 0 Å². The van der Waals surface area contributed by atoms with E-state index in [1.165, 1.54) is 0 Å². The van der Waals surface area contributed by atoms with Crippen LogP contribution in [0, 0.1) is 12.3 Å². The zero-order valence-electron chi connectivity index (χ0n) is 5.69. The van der Waals surface area contributed by atoms with E-state index in [2.05, 4.69) is 5.92 Å². The molecule has 0 amide bonds. The third-order valence-corrected chi connectivity index (χ3v) is 1.24. The predicted octanol–water partition coefficient (Wildman–Crippen LogP) is -0.718. The number of hydrogen-bond donors (Lipinski definition) is 0. The predicted molar refractivity (Wildman–Crippen MR) is 37.7 cm³/mol. The maximum Gasteiger partial charge on any atom is 1.00 e. The van der Waals surface area contributed by atoms with Gasteiger partial charge in [0.15, 0.2) is 0 Å². The Balaban J connectivity index is 0.000000810. The molecule has 0 saturated carbocycles. The van der Waals surface area contributed by atoms with Gasteiger partial charge in [-0.2, -0.15) is 0 Å². The van der Waals surface area contributed by atoms with Crippen LogP contribution in [0.15, 0.2) is 24.3 Å². The zero-order chi connectivity index (χ0) is 6.69. The van der Waals surface area contributed by atoms with Crippen LogP contribution in [0.4, 0.5) is 0 Å². The quantitative estimate of drug-likeness (QED) is 0.255. The van der Waals surface area contributed by atoms with E-state index in [0.717, 1.165) is 5.56 Å². The molecule has 0 nitrogen and oxygen atoms in total. The molecule has 0 fully saturated rings. The summed E-state index contributed by atoms with van der Waals surface area (Å²) in [6, 6.07) is 6.96. The van der Waals surface area contributed by atoms with Crippen LogP contribution in [0.3, 0.4) is 0 Å². The van der Waals surface area contributed by atoms with Crippen LogP contribution in [0.5, 0.6) is 0 Å². The Labute approximate surface area is 77.8 Å². The Hall–Kier alpha value is -0.333. The molecule has 10 heavy (non-hydrogen) atoms. The number of rotatable bonds is 0. The fraction of sp³-hybridized carbons (Fsp3) is 0. The molecule has 0 aromatic heterocycles. The molecular weight excluding hydrogens is 138 g/mol. The summed E-state index contributed by atoms with van der Waals surface area (Å²) in [4.78, 5) is 0. The average Bonchev–Trinajstić information content (AvgIpc) is 1.90. The fourth-order valence-corrected chi connectivity index (χ4v) is 0.659. The van der Waals surface area contributed by atoms with E-state index in [1.807, 2.05) is 0 Å². The van der Waals surface area contributed by atoms with Gasteiger partial charge in [-0.3, -0.25) is 5.92 Å². The molecule has 0 aliphatic rings. The summed E-state index contributed by atoms with van der Waals surface area (Å²) in [5.74, 6) is 2.25. The molecule has 1 aromatic rings. The maximum absolute atomic E-state index is 6.72. The van der Waals surface area contributed by atoms with Gasteiger partial charge in [-0.05, 0) is 0 Å². The summed E-state index contributed by atoms with van der Waals surface area (Å²) in [5.41, 5.74) is 0.749. The number of benzene rings is 1. The summed E-state index contributed by atoms with van der Waals surface area (Å²) < 4.78 is 0. The zero-order valence-corrected chi connectivity index (χ0v) is 6.44. The minimum Gasteiger partial charge on any atom is -0.366 e. The van der Waals surface area contributed by atoms with Crippen molar-refractivity contribution in [1.29, 1.82) is 0 Å². The normalized spacial score (nSPS) is 7.60. The van der Waals surface area contributed by atoms with Gasteiger partial charge in [0.2, 0.25) is 0 Å². The van der Waals surface area contributed by atoms with Crippen LogP contribution in [0.1, 0.15) is 5.56 Å². The molecule has 0 radical (unpaired) electrons. The fourth-order valence-electron chi connectivity index (χ4n) is 0.533. The second kappa shape index (κ2) is 4.48. The van der Waals surface area contributed by atoms with E-state index in [4.69, 9.17) is 18.0 Å². The van der Waals surface area contributed by atoms with Crippen molar-refractivity contribution >= 4 is 11.6 Å². The van der Waals surface area contributed by atoms with Gasteiger partial charge >= 0.3 is 18.9 Å². The van der Waals surface area contributed by atoms with Gasteiger partial charge in [-0.1, -0.05) is 23.7 Å². The molecule has 0 saturated heterocycles. The third kappa shape index (κ3) is 2.50. The van der Waals surface area contributed by atoms with Crippen LogP contribution >= 0.6 is 11.6 Å².